The number of nitrogens with zero attached hydrogens (tertiary/aromatic N) is 1. The van der Waals surface area contributed by atoms with Gasteiger partial charge in [-0.1, -0.05) is 23.7 Å². The molecular weight excluding hydrogens is 280 g/mol. The third-order valence-corrected chi connectivity index (χ3v) is 2.73. The number of hydrogen-bond donors (Lipinski definition) is 2. The molecule has 0 aliphatic carbocycles. The maximum absolute atomic E-state index is 12.0. The van der Waals surface area contributed by atoms with Gasteiger partial charge in [0.15, 0.2) is 0 Å². The van der Waals surface area contributed by atoms with Gasteiger partial charge < -0.3 is 10.4 Å². The molecule has 5 nitrogen and oxygen atoms in total. The Hall–Kier alpha value is -2.40. The van der Waals surface area contributed by atoms with Crippen LogP contribution in [0.3, 0.4) is 0 Å². The average Bonchev–Trinajstić information content (AvgIpc) is 2.38. The van der Waals surface area contributed by atoms with E-state index in [0.717, 1.165) is 0 Å². The van der Waals surface area contributed by atoms with Gasteiger partial charge in [0.1, 0.15) is 5.69 Å². The van der Waals surface area contributed by atoms with E-state index in [1.807, 2.05) is 0 Å². The standard InChI is InChI=1S/C14H11ClN2O3/c15-10-4-5-16-12(8-10)14(20)17-11-3-1-2-9(6-11)7-13(18)19/h1-6,8H,7H2,(H,17,20)(H,18,19). The number of carboxylic acid groups (broad SMARTS) is 1. The van der Waals surface area contributed by atoms with Gasteiger partial charge in [-0.25, -0.2) is 0 Å². The molecule has 2 N–H and O–H groups in total. The van der Waals surface area contributed by atoms with E-state index < -0.39 is 11.9 Å². The molecule has 1 aromatic carbocycles. The van der Waals surface area contributed by atoms with Gasteiger partial charge >= 0.3 is 5.97 Å². The van der Waals surface area contributed by atoms with Crippen LogP contribution in [0.1, 0.15) is 16.1 Å². The first-order valence-electron chi connectivity index (χ1n) is 5.78. The van der Waals surface area contributed by atoms with E-state index in [-0.39, 0.29) is 12.1 Å². The summed E-state index contributed by atoms with van der Waals surface area (Å²) < 4.78 is 0. The lowest BCUT2D eigenvalue weighted by atomic mass is 10.1. The maximum Gasteiger partial charge on any atom is 0.307 e. The van der Waals surface area contributed by atoms with Crippen molar-refractivity contribution in [2.45, 2.75) is 6.42 Å². The SMILES string of the molecule is O=C(O)Cc1cccc(NC(=O)c2cc(Cl)ccn2)c1. The Morgan fingerprint density at radius 2 is 2.05 bits per heavy atom. The molecule has 2 aromatic rings. The zero-order valence-corrected chi connectivity index (χ0v) is 11.1. The van der Waals surface area contributed by atoms with Gasteiger partial charge in [0.2, 0.25) is 0 Å². The molecule has 1 heterocycles. The molecule has 0 saturated carbocycles. The van der Waals surface area contributed by atoms with Crippen molar-refractivity contribution in [3.63, 3.8) is 0 Å². The predicted molar refractivity (Wildman–Crippen MR) is 75.0 cm³/mol. The van der Waals surface area contributed by atoms with Gasteiger partial charge in [0.05, 0.1) is 6.42 Å². The van der Waals surface area contributed by atoms with E-state index >= 15 is 0 Å². The highest BCUT2D eigenvalue weighted by Crippen LogP contribution is 2.14. The minimum Gasteiger partial charge on any atom is -0.481 e. The number of nitrogens with one attached hydrogen (secondary N) is 1. The fraction of sp³-hybridized carbons (Fsp3) is 0.0714. The van der Waals surface area contributed by atoms with Crippen LogP contribution in [0.15, 0.2) is 42.6 Å². The van der Waals surface area contributed by atoms with Crippen LogP contribution in [0.4, 0.5) is 5.69 Å². The molecule has 1 amide bonds. The van der Waals surface area contributed by atoms with Crippen molar-refractivity contribution in [2.24, 2.45) is 0 Å². The molecule has 0 radical (unpaired) electrons. The summed E-state index contributed by atoms with van der Waals surface area (Å²) in [4.78, 5) is 26.5. The first kappa shape index (κ1) is 14.0. The third-order valence-electron chi connectivity index (χ3n) is 2.49. The molecule has 0 unspecified atom stereocenters. The number of carbonyl (C=O) groups excluding carboxylic acids is 1. The van der Waals surface area contributed by atoms with E-state index in [1.54, 1.807) is 30.3 Å². The minimum absolute atomic E-state index is 0.0981. The number of rotatable bonds is 4. The summed E-state index contributed by atoms with van der Waals surface area (Å²) >= 11 is 5.79. The molecule has 6 heteroatoms. The van der Waals surface area contributed by atoms with Crippen molar-refractivity contribution in [1.82, 2.24) is 4.98 Å². The topological polar surface area (TPSA) is 79.3 Å². The van der Waals surface area contributed by atoms with E-state index in [9.17, 15) is 9.59 Å². The second-order valence-corrected chi connectivity index (χ2v) is 4.52. The molecule has 0 aliphatic heterocycles. The lowest BCUT2D eigenvalue weighted by molar-refractivity contribution is -0.136. The van der Waals surface area contributed by atoms with Crippen LogP contribution in [-0.4, -0.2) is 22.0 Å². The summed E-state index contributed by atoms with van der Waals surface area (Å²) in [5.74, 6) is -1.33. The number of carbonyl (C=O) groups is 2. The first-order valence-corrected chi connectivity index (χ1v) is 6.16. The van der Waals surface area contributed by atoms with Crippen molar-refractivity contribution in [3.8, 4) is 0 Å². The lowest BCUT2D eigenvalue weighted by Gasteiger charge is -2.06. The number of halogens is 1. The Kier molecular flexibility index (Phi) is 4.32. The summed E-state index contributed by atoms with van der Waals surface area (Å²) in [6.45, 7) is 0. The fourth-order valence-electron chi connectivity index (χ4n) is 1.66. The Balaban J connectivity index is 2.13. The molecule has 0 aliphatic rings. The summed E-state index contributed by atoms with van der Waals surface area (Å²) in [6.07, 6.45) is 1.34. The van der Waals surface area contributed by atoms with Crippen LogP contribution >= 0.6 is 11.6 Å². The molecule has 0 atom stereocenters. The van der Waals surface area contributed by atoms with Crippen LogP contribution < -0.4 is 5.32 Å². The second-order valence-electron chi connectivity index (χ2n) is 4.08. The third kappa shape index (κ3) is 3.80. The van der Waals surface area contributed by atoms with Gasteiger partial charge in [0.25, 0.3) is 5.91 Å². The highest BCUT2D eigenvalue weighted by Gasteiger charge is 2.09. The number of amides is 1. The fourth-order valence-corrected chi connectivity index (χ4v) is 1.82. The molecule has 2 rings (SSSR count). The van der Waals surface area contributed by atoms with Gasteiger partial charge in [-0.2, -0.15) is 0 Å². The number of aliphatic carboxylic acids is 1. The molecular formula is C14H11ClN2O3. The van der Waals surface area contributed by atoms with Gasteiger partial charge in [-0.05, 0) is 29.8 Å². The summed E-state index contributed by atoms with van der Waals surface area (Å²) in [6, 6.07) is 9.68. The monoisotopic (exact) mass is 290 g/mol. The van der Waals surface area contributed by atoms with E-state index in [2.05, 4.69) is 10.3 Å². The van der Waals surface area contributed by atoms with Crippen LogP contribution in [0.5, 0.6) is 0 Å². The van der Waals surface area contributed by atoms with Crippen molar-refractivity contribution in [3.05, 3.63) is 58.9 Å². The van der Waals surface area contributed by atoms with E-state index in [4.69, 9.17) is 16.7 Å². The smallest absolute Gasteiger partial charge is 0.307 e. The van der Waals surface area contributed by atoms with Crippen molar-refractivity contribution >= 4 is 29.2 Å². The summed E-state index contributed by atoms with van der Waals surface area (Å²) in [5, 5.41) is 11.8. The lowest BCUT2D eigenvalue weighted by Crippen LogP contribution is -2.13. The largest absolute Gasteiger partial charge is 0.481 e. The number of benzene rings is 1. The maximum atomic E-state index is 12.0. The quantitative estimate of drug-likeness (QED) is 0.907. The molecule has 0 fully saturated rings. The number of aromatic nitrogens is 1. The van der Waals surface area contributed by atoms with Crippen LogP contribution in [0.25, 0.3) is 0 Å². The van der Waals surface area contributed by atoms with E-state index in [1.165, 1.54) is 12.3 Å². The number of anilines is 1. The van der Waals surface area contributed by atoms with Gasteiger partial charge in [-0.15, -0.1) is 0 Å². The van der Waals surface area contributed by atoms with Gasteiger partial charge in [-0.3, -0.25) is 14.6 Å². The first-order chi connectivity index (χ1) is 9.54. The normalized spacial score (nSPS) is 10.1. The minimum atomic E-state index is -0.926. The Morgan fingerprint density at radius 1 is 1.25 bits per heavy atom. The number of hydrogen-bond acceptors (Lipinski definition) is 3. The molecule has 20 heavy (non-hydrogen) atoms. The van der Waals surface area contributed by atoms with Crippen molar-refractivity contribution < 1.29 is 14.7 Å². The molecule has 102 valence electrons. The molecule has 1 aromatic heterocycles. The van der Waals surface area contributed by atoms with E-state index in [0.29, 0.717) is 16.3 Å². The zero-order valence-electron chi connectivity index (χ0n) is 10.3. The second kappa shape index (κ2) is 6.16. The molecule has 0 bridgehead atoms. The average molecular weight is 291 g/mol. The van der Waals surface area contributed by atoms with Crippen LogP contribution in [0, 0.1) is 0 Å². The van der Waals surface area contributed by atoms with Gasteiger partial charge in [0, 0.05) is 16.9 Å². The van der Waals surface area contributed by atoms with Crippen LogP contribution in [-0.2, 0) is 11.2 Å². The highest BCUT2D eigenvalue weighted by molar-refractivity contribution is 6.30. The van der Waals surface area contributed by atoms with Crippen LogP contribution in [0.2, 0.25) is 5.02 Å². The predicted octanol–water partition coefficient (Wildman–Crippen LogP) is 2.61. The number of carboxylic acids is 1. The summed E-state index contributed by atoms with van der Waals surface area (Å²) in [7, 11) is 0. The molecule has 0 spiro atoms. The van der Waals surface area contributed by atoms with Crippen molar-refractivity contribution in [2.75, 3.05) is 5.32 Å². The van der Waals surface area contributed by atoms with Crippen molar-refractivity contribution in [1.29, 1.82) is 0 Å². The number of pyridine rings is 1. The Morgan fingerprint density at radius 3 is 2.75 bits per heavy atom. The molecule has 0 saturated heterocycles. The zero-order chi connectivity index (χ0) is 14.5. The summed E-state index contributed by atoms with van der Waals surface area (Å²) in [5.41, 5.74) is 1.31. The Labute approximate surface area is 120 Å². The highest BCUT2D eigenvalue weighted by atomic mass is 35.5. The Bertz CT molecular complexity index is 658.